The van der Waals surface area contributed by atoms with Crippen LogP contribution in [-0.4, -0.2) is 24.1 Å². The molecule has 0 bridgehead atoms. The van der Waals surface area contributed by atoms with Crippen LogP contribution in [-0.2, 0) is 16.0 Å². The molecular weight excluding hydrogens is 285 g/mol. The lowest BCUT2D eigenvalue weighted by Gasteiger charge is -2.27. The minimum atomic E-state index is -1.09. The molecule has 1 rings (SSSR count). The molecule has 0 unspecified atom stereocenters. The van der Waals surface area contributed by atoms with Crippen LogP contribution in [0.3, 0.4) is 0 Å². The lowest BCUT2D eigenvalue weighted by Crippen LogP contribution is -2.38. The number of ether oxygens (including phenoxy) is 1. The highest BCUT2D eigenvalue weighted by Crippen LogP contribution is 2.27. The molecule has 1 aromatic carbocycles. The first-order chi connectivity index (χ1) is 9.02. The van der Waals surface area contributed by atoms with Crippen LogP contribution in [0, 0.1) is 6.92 Å². The van der Waals surface area contributed by atoms with E-state index in [0.29, 0.717) is 6.61 Å². The smallest absolute Gasteiger partial charge is 0.262 e. The Labute approximate surface area is 124 Å². The van der Waals surface area contributed by atoms with E-state index in [1.165, 1.54) is 4.90 Å². The van der Waals surface area contributed by atoms with Crippen molar-refractivity contribution in [3.63, 3.8) is 0 Å². The topological polar surface area (TPSA) is 29.5 Å². The van der Waals surface area contributed by atoms with Crippen LogP contribution in [0.2, 0.25) is 0 Å². The van der Waals surface area contributed by atoms with Gasteiger partial charge in [-0.3, -0.25) is 9.69 Å². The van der Waals surface area contributed by atoms with Crippen molar-refractivity contribution in [2.24, 2.45) is 0 Å². The summed E-state index contributed by atoms with van der Waals surface area (Å²) in [5.74, 6) is -0.360. The molecule has 1 aromatic rings. The van der Waals surface area contributed by atoms with Crippen molar-refractivity contribution in [2.75, 3.05) is 18.2 Å². The van der Waals surface area contributed by atoms with E-state index in [1.54, 1.807) is 0 Å². The molecule has 3 nitrogen and oxygen atoms in total. The number of aryl methyl sites for hydroxylation is 2. The third-order valence-electron chi connectivity index (χ3n) is 2.85. The van der Waals surface area contributed by atoms with E-state index in [2.05, 4.69) is 0 Å². The molecule has 0 aliphatic carbocycles. The van der Waals surface area contributed by atoms with Gasteiger partial charge in [-0.2, -0.15) is 0 Å². The number of para-hydroxylation sites is 1. The highest BCUT2D eigenvalue weighted by Gasteiger charge is 2.24. The summed E-state index contributed by atoms with van der Waals surface area (Å²) < 4.78 is 5.36. The number of alkyl halides is 2. The summed E-state index contributed by atoms with van der Waals surface area (Å²) >= 11 is 11.4. The van der Waals surface area contributed by atoms with Gasteiger partial charge in [0, 0.05) is 6.61 Å². The van der Waals surface area contributed by atoms with Gasteiger partial charge in [0.2, 0.25) is 0 Å². The minimum Gasteiger partial charge on any atom is -0.361 e. The van der Waals surface area contributed by atoms with Crippen LogP contribution in [0.15, 0.2) is 18.2 Å². The van der Waals surface area contributed by atoms with Crippen molar-refractivity contribution in [3.05, 3.63) is 29.3 Å². The fourth-order valence-electron chi connectivity index (χ4n) is 1.93. The zero-order chi connectivity index (χ0) is 14.4. The molecule has 106 valence electrons. The molecule has 0 heterocycles. The molecular formula is C14H19Cl2NO2. The lowest BCUT2D eigenvalue weighted by atomic mass is 10.0. The molecule has 0 radical (unpaired) electrons. The van der Waals surface area contributed by atoms with Crippen molar-refractivity contribution in [3.8, 4) is 0 Å². The van der Waals surface area contributed by atoms with Crippen LogP contribution in [0.5, 0.6) is 0 Å². The second-order valence-electron chi connectivity index (χ2n) is 4.13. The Morgan fingerprint density at radius 1 is 1.37 bits per heavy atom. The second kappa shape index (κ2) is 7.73. The number of rotatable bonds is 6. The molecule has 5 heteroatoms. The fourth-order valence-corrected chi connectivity index (χ4v) is 2.17. The normalized spacial score (nSPS) is 10.8. The van der Waals surface area contributed by atoms with Gasteiger partial charge in [-0.15, -0.1) is 0 Å². The van der Waals surface area contributed by atoms with E-state index in [-0.39, 0.29) is 12.6 Å². The number of carbonyl (C=O) groups excluding carboxylic acids is 1. The fraction of sp³-hybridized carbons (Fsp3) is 0.500. The first-order valence-corrected chi connectivity index (χ1v) is 7.15. The Bertz CT molecular complexity index is 435. The lowest BCUT2D eigenvalue weighted by molar-refractivity contribution is -0.118. The number of benzene rings is 1. The van der Waals surface area contributed by atoms with E-state index in [0.717, 1.165) is 23.2 Å². The standard InChI is InChI=1S/C14H19Cl2NO2/c1-4-11-8-6-7-10(3)12(11)17(9-19-5-2)14(18)13(15)16/h6-8,13H,4-5,9H2,1-3H3. The van der Waals surface area contributed by atoms with E-state index in [9.17, 15) is 4.79 Å². The van der Waals surface area contributed by atoms with E-state index >= 15 is 0 Å². The number of carbonyl (C=O) groups is 1. The molecule has 0 N–H and O–H groups in total. The van der Waals surface area contributed by atoms with Gasteiger partial charge in [-0.25, -0.2) is 0 Å². The zero-order valence-electron chi connectivity index (χ0n) is 11.5. The Balaban J connectivity index is 3.20. The third-order valence-corrected chi connectivity index (χ3v) is 3.22. The average molecular weight is 304 g/mol. The Hall–Kier alpha value is -0.770. The van der Waals surface area contributed by atoms with E-state index in [1.807, 2.05) is 39.0 Å². The number of anilines is 1. The van der Waals surface area contributed by atoms with Gasteiger partial charge < -0.3 is 4.74 Å². The van der Waals surface area contributed by atoms with Gasteiger partial charge in [-0.05, 0) is 31.4 Å². The van der Waals surface area contributed by atoms with Gasteiger partial charge in [0.15, 0.2) is 4.84 Å². The van der Waals surface area contributed by atoms with Crippen LogP contribution >= 0.6 is 23.2 Å². The van der Waals surface area contributed by atoms with Gasteiger partial charge in [0.05, 0.1) is 5.69 Å². The molecule has 0 aromatic heterocycles. The quantitative estimate of drug-likeness (QED) is 0.592. The largest absolute Gasteiger partial charge is 0.361 e. The molecule has 0 spiro atoms. The summed E-state index contributed by atoms with van der Waals surface area (Å²) in [6.45, 7) is 6.55. The molecule has 0 atom stereocenters. The summed E-state index contributed by atoms with van der Waals surface area (Å²) in [5.41, 5.74) is 2.91. The second-order valence-corrected chi connectivity index (χ2v) is 5.22. The third kappa shape index (κ3) is 4.10. The van der Waals surface area contributed by atoms with Crippen LogP contribution in [0.1, 0.15) is 25.0 Å². The summed E-state index contributed by atoms with van der Waals surface area (Å²) in [4.78, 5) is 12.6. The predicted molar refractivity (Wildman–Crippen MR) is 80.0 cm³/mol. The zero-order valence-corrected chi connectivity index (χ0v) is 13.0. The van der Waals surface area contributed by atoms with Crippen molar-refractivity contribution in [1.29, 1.82) is 0 Å². The molecule has 0 aliphatic heterocycles. The van der Waals surface area contributed by atoms with Crippen molar-refractivity contribution in [2.45, 2.75) is 32.0 Å². The Kier molecular flexibility index (Phi) is 6.63. The van der Waals surface area contributed by atoms with Gasteiger partial charge >= 0.3 is 0 Å². The summed E-state index contributed by atoms with van der Waals surface area (Å²) in [6, 6.07) is 5.92. The number of halogens is 2. The monoisotopic (exact) mass is 303 g/mol. The average Bonchev–Trinajstić information content (AvgIpc) is 2.39. The highest BCUT2D eigenvalue weighted by molar-refractivity contribution is 6.54. The van der Waals surface area contributed by atoms with Crippen molar-refractivity contribution in [1.82, 2.24) is 0 Å². The van der Waals surface area contributed by atoms with Gasteiger partial charge in [-0.1, -0.05) is 48.3 Å². The first-order valence-electron chi connectivity index (χ1n) is 6.28. The maximum absolute atomic E-state index is 12.2. The maximum atomic E-state index is 12.2. The molecule has 1 amide bonds. The van der Waals surface area contributed by atoms with Gasteiger partial charge in [0.1, 0.15) is 6.73 Å². The predicted octanol–water partition coefficient (Wildman–Crippen LogP) is 3.69. The number of hydrogen-bond donors (Lipinski definition) is 0. The number of nitrogens with zero attached hydrogens (tertiary/aromatic N) is 1. The molecule has 0 saturated carbocycles. The van der Waals surface area contributed by atoms with Crippen LogP contribution in [0.4, 0.5) is 5.69 Å². The summed E-state index contributed by atoms with van der Waals surface area (Å²) in [6.07, 6.45) is 0.822. The Morgan fingerprint density at radius 3 is 2.58 bits per heavy atom. The summed E-state index contributed by atoms with van der Waals surface area (Å²) in [5, 5.41) is 0. The SMILES string of the molecule is CCOCN(C(=O)C(Cl)Cl)c1c(C)cccc1CC. The number of hydrogen-bond acceptors (Lipinski definition) is 2. The van der Waals surface area contributed by atoms with Gasteiger partial charge in [0.25, 0.3) is 5.91 Å². The first kappa shape index (κ1) is 16.3. The molecule has 19 heavy (non-hydrogen) atoms. The van der Waals surface area contributed by atoms with Crippen LogP contribution < -0.4 is 4.90 Å². The van der Waals surface area contributed by atoms with Crippen LogP contribution in [0.25, 0.3) is 0 Å². The van der Waals surface area contributed by atoms with E-state index < -0.39 is 4.84 Å². The minimum absolute atomic E-state index is 0.156. The highest BCUT2D eigenvalue weighted by atomic mass is 35.5. The van der Waals surface area contributed by atoms with Crippen molar-refractivity contribution < 1.29 is 9.53 Å². The summed E-state index contributed by atoms with van der Waals surface area (Å²) in [7, 11) is 0. The Morgan fingerprint density at radius 2 is 2.05 bits per heavy atom. The maximum Gasteiger partial charge on any atom is 0.262 e. The number of amides is 1. The molecule has 0 aliphatic rings. The molecule has 0 saturated heterocycles. The molecule has 0 fully saturated rings. The van der Waals surface area contributed by atoms with E-state index in [4.69, 9.17) is 27.9 Å². The van der Waals surface area contributed by atoms with Crippen molar-refractivity contribution >= 4 is 34.8 Å².